The highest BCUT2D eigenvalue weighted by Crippen LogP contribution is 2.35. The van der Waals surface area contributed by atoms with Crippen LogP contribution in [-0.2, 0) is 0 Å². The minimum absolute atomic E-state index is 0.245. The maximum Gasteiger partial charge on any atom is 0.172 e. The molecule has 3 aromatic carbocycles. The van der Waals surface area contributed by atoms with Crippen LogP contribution in [0.15, 0.2) is 36.4 Å². The van der Waals surface area contributed by atoms with Gasteiger partial charge in [0.2, 0.25) is 0 Å². The van der Waals surface area contributed by atoms with Gasteiger partial charge in [0.05, 0.1) is 13.2 Å². The first kappa shape index (κ1) is 22.3. The number of hydrogen-bond donors (Lipinski definition) is 0. The Kier molecular flexibility index (Phi) is 8.30. The smallest absolute Gasteiger partial charge is 0.172 e. The predicted octanol–water partition coefficient (Wildman–Crippen LogP) is 8.19. The molecule has 0 bridgehead atoms. The fourth-order valence-corrected chi connectivity index (χ4v) is 3.72. The molecule has 0 aliphatic rings. The lowest BCUT2D eigenvalue weighted by Crippen LogP contribution is -2.00. The summed E-state index contributed by atoms with van der Waals surface area (Å²) in [5, 5.41) is 2.24. The average molecular weight is 415 g/mol. The number of ether oxygens (including phenoxy) is 2. The van der Waals surface area contributed by atoms with E-state index in [2.05, 4.69) is 13.8 Å². The molecule has 0 amide bonds. The van der Waals surface area contributed by atoms with Crippen LogP contribution in [0.4, 0.5) is 8.78 Å². The maximum absolute atomic E-state index is 15.0. The summed E-state index contributed by atoms with van der Waals surface area (Å²) >= 11 is 0. The van der Waals surface area contributed by atoms with Crippen molar-refractivity contribution in [1.29, 1.82) is 0 Å². The number of hydrogen-bond acceptors (Lipinski definition) is 2. The van der Waals surface area contributed by atoms with Crippen LogP contribution < -0.4 is 9.47 Å². The van der Waals surface area contributed by atoms with E-state index in [0.717, 1.165) is 25.7 Å². The predicted molar refractivity (Wildman–Crippen MR) is 121 cm³/mol. The van der Waals surface area contributed by atoms with Gasteiger partial charge in [-0.05, 0) is 47.9 Å². The first-order valence-corrected chi connectivity index (χ1v) is 11.3. The van der Waals surface area contributed by atoms with Crippen molar-refractivity contribution in [3.05, 3.63) is 48.0 Å². The van der Waals surface area contributed by atoms with E-state index in [1.165, 1.54) is 25.7 Å². The Labute approximate surface area is 178 Å². The highest BCUT2D eigenvalue weighted by molar-refractivity contribution is 6.08. The van der Waals surface area contributed by atoms with Crippen LogP contribution in [0.2, 0.25) is 0 Å². The zero-order valence-corrected chi connectivity index (χ0v) is 18.1. The van der Waals surface area contributed by atoms with Gasteiger partial charge in [-0.15, -0.1) is 0 Å². The molecule has 0 aliphatic heterocycles. The van der Waals surface area contributed by atoms with Gasteiger partial charge >= 0.3 is 0 Å². The third-order valence-corrected chi connectivity index (χ3v) is 5.51. The molecule has 4 heteroatoms. The summed E-state index contributed by atoms with van der Waals surface area (Å²) in [5.74, 6) is -0.275. The maximum atomic E-state index is 15.0. The van der Waals surface area contributed by atoms with Gasteiger partial charge in [-0.3, -0.25) is 0 Å². The normalized spacial score (nSPS) is 11.3. The van der Waals surface area contributed by atoms with Crippen LogP contribution >= 0.6 is 0 Å². The van der Waals surface area contributed by atoms with E-state index in [4.69, 9.17) is 9.47 Å². The number of fused-ring (bicyclic) bond motifs is 3. The van der Waals surface area contributed by atoms with E-state index >= 15 is 4.39 Å². The second-order valence-electron chi connectivity index (χ2n) is 7.83. The Bertz CT molecular complexity index is 968. The van der Waals surface area contributed by atoms with Gasteiger partial charge in [0, 0.05) is 10.8 Å². The van der Waals surface area contributed by atoms with Crippen molar-refractivity contribution in [3.8, 4) is 11.5 Å². The van der Waals surface area contributed by atoms with Crippen molar-refractivity contribution in [2.45, 2.75) is 65.2 Å². The summed E-state index contributed by atoms with van der Waals surface area (Å²) in [7, 11) is 0. The average Bonchev–Trinajstić information content (AvgIpc) is 2.76. The summed E-state index contributed by atoms with van der Waals surface area (Å²) in [6, 6.07) is 10.2. The third kappa shape index (κ3) is 5.21. The summed E-state index contributed by atoms with van der Waals surface area (Å²) in [5.41, 5.74) is 0. The lowest BCUT2D eigenvalue weighted by Gasteiger charge is -2.13. The van der Waals surface area contributed by atoms with Crippen molar-refractivity contribution in [3.63, 3.8) is 0 Å². The SMILES string of the molecule is CCCCCCCCOc1ccc2c(ccc3c(F)c(OCCCC)ccc32)c1F. The van der Waals surface area contributed by atoms with Crippen LogP contribution in [0.25, 0.3) is 21.5 Å². The lowest BCUT2D eigenvalue weighted by molar-refractivity contribution is 0.291. The largest absolute Gasteiger partial charge is 0.490 e. The molecule has 0 aliphatic carbocycles. The quantitative estimate of drug-likeness (QED) is 0.220. The zero-order valence-electron chi connectivity index (χ0n) is 18.1. The molecule has 30 heavy (non-hydrogen) atoms. The summed E-state index contributed by atoms with van der Waals surface area (Å²) in [6.07, 6.45) is 8.82. The summed E-state index contributed by atoms with van der Waals surface area (Å²) in [4.78, 5) is 0. The molecule has 0 heterocycles. The van der Waals surface area contributed by atoms with Crippen LogP contribution in [0.1, 0.15) is 65.2 Å². The third-order valence-electron chi connectivity index (χ3n) is 5.51. The van der Waals surface area contributed by atoms with Gasteiger partial charge in [-0.1, -0.05) is 64.5 Å². The van der Waals surface area contributed by atoms with Crippen molar-refractivity contribution < 1.29 is 18.3 Å². The number of unbranched alkanes of at least 4 members (excludes halogenated alkanes) is 6. The first-order valence-electron chi connectivity index (χ1n) is 11.3. The van der Waals surface area contributed by atoms with Gasteiger partial charge in [0.25, 0.3) is 0 Å². The van der Waals surface area contributed by atoms with Crippen LogP contribution in [0, 0.1) is 11.6 Å². The Balaban J connectivity index is 1.75. The summed E-state index contributed by atoms with van der Waals surface area (Å²) in [6.45, 7) is 5.26. The van der Waals surface area contributed by atoms with Crippen molar-refractivity contribution in [2.75, 3.05) is 13.2 Å². The minimum Gasteiger partial charge on any atom is -0.490 e. The van der Waals surface area contributed by atoms with E-state index in [0.29, 0.717) is 34.8 Å². The van der Waals surface area contributed by atoms with Gasteiger partial charge in [-0.2, -0.15) is 0 Å². The highest BCUT2D eigenvalue weighted by atomic mass is 19.1. The van der Waals surface area contributed by atoms with Crippen LogP contribution in [-0.4, -0.2) is 13.2 Å². The Hall–Kier alpha value is -2.36. The Morgan fingerprint density at radius 3 is 1.50 bits per heavy atom. The molecule has 0 atom stereocenters. The molecule has 0 spiro atoms. The molecule has 0 aromatic heterocycles. The van der Waals surface area contributed by atoms with Crippen LogP contribution in [0.3, 0.4) is 0 Å². The molecule has 0 saturated heterocycles. The number of benzene rings is 3. The molecular formula is C26H32F2O2. The fourth-order valence-electron chi connectivity index (χ4n) is 3.72. The molecule has 162 valence electrons. The second-order valence-corrected chi connectivity index (χ2v) is 7.83. The zero-order chi connectivity index (χ0) is 21.3. The van der Waals surface area contributed by atoms with E-state index in [-0.39, 0.29) is 17.3 Å². The molecule has 0 saturated carbocycles. The van der Waals surface area contributed by atoms with Crippen molar-refractivity contribution in [1.82, 2.24) is 0 Å². The van der Waals surface area contributed by atoms with Crippen molar-refractivity contribution >= 4 is 21.5 Å². The van der Waals surface area contributed by atoms with Gasteiger partial charge in [0.15, 0.2) is 23.1 Å². The lowest BCUT2D eigenvalue weighted by atomic mass is 10.0. The van der Waals surface area contributed by atoms with Crippen LogP contribution in [0.5, 0.6) is 11.5 Å². The molecular weight excluding hydrogens is 382 g/mol. The second kappa shape index (κ2) is 11.1. The molecule has 0 fully saturated rings. The molecule has 3 aromatic rings. The van der Waals surface area contributed by atoms with E-state index in [1.54, 1.807) is 30.3 Å². The molecule has 0 unspecified atom stereocenters. The Morgan fingerprint density at radius 1 is 0.533 bits per heavy atom. The van der Waals surface area contributed by atoms with E-state index < -0.39 is 5.82 Å². The number of rotatable bonds is 12. The Morgan fingerprint density at radius 2 is 0.967 bits per heavy atom. The topological polar surface area (TPSA) is 18.5 Å². The molecule has 0 N–H and O–H groups in total. The standard InChI is InChI=1S/C26H32F2O2/c1-3-5-7-8-9-10-18-30-24-16-14-20-19-13-15-23(29-17-6-4-2)25(27)21(19)11-12-22(20)26(24)28/h11-16H,3-10,17-18H2,1-2H3. The van der Waals surface area contributed by atoms with Gasteiger partial charge in [0.1, 0.15) is 0 Å². The monoisotopic (exact) mass is 414 g/mol. The highest BCUT2D eigenvalue weighted by Gasteiger charge is 2.15. The molecule has 2 nitrogen and oxygen atoms in total. The minimum atomic E-state index is -0.394. The molecule has 3 rings (SSSR count). The fraction of sp³-hybridized carbons (Fsp3) is 0.462. The number of halogens is 2. The summed E-state index contributed by atoms with van der Waals surface area (Å²) < 4.78 is 41.1. The first-order chi connectivity index (χ1) is 14.7. The van der Waals surface area contributed by atoms with Gasteiger partial charge < -0.3 is 9.47 Å². The van der Waals surface area contributed by atoms with E-state index in [1.807, 2.05) is 6.07 Å². The molecule has 0 radical (unpaired) electrons. The van der Waals surface area contributed by atoms with E-state index in [9.17, 15) is 4.39 Å². The van der Waals surface area contributed by atoms with Crippen molar-refractivity contribution in [2.24, 2.45) is 0 Å². The van der Waals surface area contributed by atoms with Gasteiger partial charge in [-0.25, -0.2) is 8.78 Å².